The Balaban J connectivity index is 2.90. The maximum Gasteiger partial charge on any atom is 0.240 e. The van der Waals surface area contributed by atoms with Gasteiger partial charge >= 0.3 is 0 Å². The molecule has 0 spiro atoms. The van der Waals surface area contributed by atoms with E-state index in [0.29, 0.717) is 24.3 Å². The molecule has 5 nitrogen and oxygen atoms in total. The van der Waals surface area contributed by atoms with E-state index in [9.17, 15) is 8.42 Å². The van der Waals surface area contributed by atoms with Crippen LogP contribution < -0.4 is 10.5 Å². The SMILES string of the molecule is COCC(C)CNS(=O)(=O)c1ccc(C(N)=S)cc1C. The molecule has 112 valence electrons. The van der Waals surface area contributed by atoms with Crippen molar-refractivity contribution in [3.8, 4) is 0 Å². The molecule has 1 atom stereocenters. The van der Waals surface area contributed by atoms with Crippen LogP contribution in [0.2, 0.25) is 0 Å². The van der Waals surface area contributed by atoms with Crippen LogP contribution in [0.25, 0.3) is 0 Å². The lowest BCUT2D eigenvalue weighted by Gasteiger charge is -2.13. The van der Waals surface area contributed by atoms with Crippen molar-refractivity contribution >= 4 is 27.2 Å². The summed E-state index contributed by atoms with van der Waals surface area (Å²) in [6.45, 7) is 4.46. The molecule has 0 aliphatic carbocycles. The van der Waals surface area contributed by atoms with Gasteiger partial charge in [0.25, 0.3) is 0 Å². The van der Waals surface area contributed by atoms with E-state index in [1.807, 2.05) is 6.92 Å². The molecule has 1 unspecified atom stereocenters. The Morgan fingerprint density at radius 3 is 2.65 bits per heavy atom. The van der Waals surface area contributed by atoms with Crippen LogP contribution in [-0.4, -0.2) is 33.7 Å². The highest BCUT2D eigenvalue weighted by molar-refractivity contribution is 7.89. The van der Waals surface area contributed by atoms with E-state index in [1.54, 1.807) is 26.2 Å². The van der Waals surface area contributed by atoms with Crippen LogP contribution in [0.5, 0.6) is 0 Å². The summed E-state index contributed by atoms with van der Waals surface area (Å²) in [7, 11) is -1.95. The summed E-state index contributed by atoms with van der Waals surface area (Å²) in [6.07, 6.45) is 0. The topological polar surface area (TPSA) is 81.4 Å². The summed E-state index contributed by atoms with van der Waals surface area (Å²) in [6, 6.07) is 4.81. The molecule has 3 N–H and O–H groups in total. The number of benzene rings is 1. The van der Waals surface area contributed by atoms with E-state index in [0.717, 1.165) is 0 Å². The van der Waals surface area contributed by atoms with E-state index in [-0.39, 0.29) is 15.8 Å². The van der Waals surface area contributed by atoms with Crippen LogP contribution in [0.15, 0.2) is 23.1 Å². The molecule has 0 amide bonds. The van der Waals surface area contributed by atoms with Gasteiger partial charge in [-0.3, -0.25) is 0 Å². The van der Waals surface area contributed by atoms with Gasteiger partial charge in [-0.2, -0.15) is 0 Å². The summed E-state index contributed by atoms with van der Waals surface area (Å²) in [4.78, 5) is 0.487. The zero-order chi connectivity index (χ0) is 15.3. The zero-order valence-electron chi connectivity index (χ0n) is 11.8. The highest BCUT2D eigenvalue weighted by atomic mass is 32.2. The Morgan fingerprint density at radius 1 is 1.50 bits per heavy atom. The second kappa shape index (κ2) is 7.12. The van der Waals surface area contributed by atoms with Gasteiger partial charge in [-0.1, -0.05) is 25.2 Å². The van der Waals surface area contributed by atoms with Gasteiger partial charge in [0.15, 0.2) is 0 Å². The summed E-state index contributed by atoms with van der Waals surface area (Å²) >= 11 is 4.87. The van der Waals surface area contributed by atoms with Crippen molar-refractivity contribution < 1.29 is 13.2 Å². The van der Waals surface area contributed by atoms with Crippen molar-refractivity contribution in [2.75, 3.05) is 20.3 Å². The number of hydrogen-bond acceptors (Lipinski definition) is 4. The van der Waals surface area contributed by atoms with Crippen molar-refractivity contribution in [2.45, 2.75) is 18.7 Å². The third-order valence-electron chi connectivity index (χ3n) is 2.82. The lowest BCUT2D eigenvalue weighted by molar-refractivity contribution is 0.161. The second-order valence-corrected chi connectivity index (χ2v) is 6.93. The summed E-state index contributed by atoms with van der Waals surface area (Å²) in [5, 5.41) is 0. The van der Waals surface area contributed by atoms with Gasteiger partial charge in [-0.05, 0) is 30.5 Å². The number of thiocarbonyl (C=S) groups is 1. The minimum atomic E-state index is -3.54. The minimum Gasteiger partial charge on any atom is -0.389 e. The van der Waals surface area contributed by atoms with Crippen molar-refractivity contribution in [2.24, 2.45) is 11.7 Å². The van der Waals surface area contributed by atoms with Crippen molar-refractivity contribution in [1.82, 2.24) is 4.72 Å². The molecule has 20 heavy (non-hydrogen) atoms. The maximum absolute atomic E-state index is 12.2. The van der Waals surface area contributed by atoms with Gasteiger partial charge in [0.05, 0.1) is 4.90 Å². The highest BCUT2D eigenvalue weighted by Gasteiger charge is 2.18. The van der Waals surface area contributed by atoms with Gasteiger partial charge < -0.3 is 10.5 Å². The second-order valence-electron chi connectivity index (χ2n) is 4.76. The maximum atomic E-state index is 12.2. The Bertz CT molecular complexity index is 585. The van der Waals surface area contributed by atoms with Crippen LogP contribution in [0.1, 0.15) is 18.1 Å². The van der Waals surface area contributed by atoms with Gasteiger partial charge in [-0.25, -0.2) is 13.1 Å². The first-order valence-corrected chi connectivity index (χ1v) is 8.06. The number of sulfonamides is 1. The number of nitrogens with one attached hydrogen (secondary N) is 1. The third kappa shape index (κ3) is 4.52. The molecule has 0 saturated carbocycles. The van der Waals surface area contributed by atoms with Gasteiger partial charge in [-0.15, -0.1) is 0 Å². The average Bonchev–Trinajstić information content (AvgIpc) is 2.36. The molecule has 1 aromatic carbocycles. The summed E-state index contributed by atoms with van der Waals surface area (Å²) < 4.78 is 32.0. The summed E-state index contributed by atoms with van der Waals surface area (Å²) in [5.41, 5.74) is 6.80. The van der Waals surface area contributed by atoms with E-state index < -0.39 is 10.0 Å². The van der Waals surface area contributed by atoms with Crippen LogP contribution in [0, 0.1) is 12.8 Å². The number of hydrogen-bond donors (Lipinski definition) is 2. The Hall–Kier alpha value is -1.02. The summed E-state index contributed by atoms with van der Waals surface area (Å²) in [5.74, 6) is 0.103. The molecule has 0 aliphatic rings. The zero-order valence-corrected chi connectivity index (χ0v) is 13.5. The Labute approximate surface area is 125 Å². The molecule has 0 saturated heterocycles. The minimum absolute atomic E-state index is 0.103. The fourth-order valence-electron chi connectivity index (χ4n) is 1.78. The molecular weight excluding hydrogens is 296 g/mol. The van der Waals surface area contributed by atoms with Crippen LogP contribution >= 0.6 is 12.2 Å². The van der Waals surface area contributed by atoms with Crippen LogP contribution in [0.4, 0.5) is 0 Å². The van der Waals surface area contributed by atoms with E-state index >= 15 is 0 Å². The predicted molar refractivity (Wildman–Crippen MR) is 83.3 cm³/mol. The fourth-order valence-corrected chi connectivity index (χ4v) is 3.29. The molecule has 0 aromatic heterocycles. The lowest BCUT2D eigenvalue weighted by atomic mass is 10.1. The van der Waals surface area contributed by atoms with Crippen LogP contribution in [-0.2, 0) is 14.8 Å². The lowest BCUT2D eigenvalue weighted by Crippen LogP contribution is -2.30. The third-order valence-corrected chi connectivity index (χ3v) is 4.64. The Morgan fingerprint density at radius 2 is 2.15 bits per heavy atom. The van der Waals surface area contributed by atoms with E-state index in [1.165, 1.54) is 6.07 Å². The van der Waals surface area contributed by atoms with Gasteiger partial charge in [0.2, 0.25) is 10.0 Å². The van der Waals surface area contributed by atoms with Gasteiger partial charge in [0, 0.05) is 25.8 Å². The number of nitrogens with two attached hydrogens (primary N) is 1. The fraction of sp³-hybridized carbons (Fsp3) is 0.462. The molecule has 0 radical (unpaired) electrons. The molecule has 1 aromatic rings. The predicted octanol–water partition coefficient (Wildman–Crippen LogP) is 1.19. The standard InChI is InChI=1S/C13H20N2O3S2/c1-9(8-18-3)7-15-20(16,17)12-5-4-11(13(14)19)6-10(12)2/h4-6,9,15H,7-8H2,1-3H3,(H2,14,19). The first-order valence-electron chi connectivity index (χ1n) is 6.17. The Kier molecular flexibility index (Phi) is 6.07. The number of aryl methyl sites for hydroxylation is 1. The smallest absolute Gasteiger partial charge is 0.240 e. The molecule has 0 aliphatic heterocycles. The normalized spacial score (nSPS) is 13.2. The number of ether oxygens (including phenoxy) is 1. The first kappa shape index (κ1) is 17.0. The molecule has 0 fully saturated rings. The van der Waals surface area contributed by atoms with Crippen LogP contribution in [0.3, 0.4) is 0 Å². The largest absolute Gasteiger partial charge is 0.389 e. The van der Waals surface area contributed by atoms with Crippen molar-refractivity contribution in [3.05, 3.63) is 29.3 Å². The quantitative estimate of drug-likeness (QED) is 0.739. The average molecular weight is 316 g/mol. The monoisotopic (exact) mass is 316 g/mol. The number of methoxy groups -OCH3 is 1. The molecule has 0 heterocycles. The molecule has 0 bridgehead atoms. The number of rotatable bonds is 7. The van der Waals surface area contributed by atoms with Crippen molar-refractivity contribution in [1.29, 1.82) is 0 Å². The highest BCUT2D eigenvalue weighted by Crippen LogP contribution is 2.17. The van der Waals surface area contributed by atoms with E-state index in [4.69, 9.17) is 22.7 Å². The van der Waals surface area contributed by atoms with Gasteiger partial charge in [0.1, 0.15) is 4.99 Å². The van der Waals surface area contributed by atoms with E-state index in [2.05, 4.69) is 4.72 Å². The molecule has 7 heteroatoms. The molecule has 1 rings (SSSR count). The van der Waals surface area contributed by atoms with Crippen molar-refractivity contribution in [3.63, 3.8) is 0 Å². The molecular formula is C13H20N2O3S2. The first-order chi connectivity index (χ1) is 9.27.